The highest BCUT2D eigenvalue weighted by molar-refractivity contribution is 8.00. The van der Waals surface area contributed by atoms with Gasteiger partial charge in [-0.05, 0) is 36.2 Å². The molecule has 6 nitrogen and oxygen atoms in total. The molecule has 3 rings (SSSR count). The minimum absolute atomic E-state index is 0.0217. The number of rotatable bonds is 5. The van der Waals surface area contributed by atoms with Crippen LogP contribution in [-0.4, -0.2) is 30.0 Å². The molecule has 2 aromatic rings. The van der Waals surface area contributed by atoms with E-state index in [1.165, 1.54) is 11.8 Å². The Bertz CT molecular complexity index is 852. The number of nitrogens with one attached hydrogen (secondary N) is 2. The molecular formula is C20H21N3O3S. The van der Waals surface area contributed by atoms with Crippen molar-refractivity contribution in [1.29, 1.82) is 0 Å². The summed E-state index contributed by atoms with van der Waals surface area (Å²) in [6.45, 7) is 2.31. The molecule has 0 unspecified atom stereocenters. The maximum absolute atomic E-state index is 12.2. The third-order valence-corrected chi connectivity index (χ3v) is 5.36. The quantitative estimate of drug-likeness (QED) is 0.778. The molecule has 140 valence electrons. The largest absolute Gasteiger partial charge is 0.310 e. The lowest BCUT2D eigenvalue weighted by molar-refractivity contribution is -0.121. The van der Waals surface area contributed by atoms with E-state index in [1.54, 1.807) is 17.0 Å². The number of para-hydroxylation sites is 1. The van der Waals surface area contributed by atoms with Gasteiger partial charge in [-0.15, -0.1) is 11.8 Å². The van der Waals surface area contributed by atoms with E-state index < -0.39 is 0 Å². The Hall–Kier alpha value is -2.80. The molecule has 1 heterocycles. The van der Waals surface area contributed by atoms with Gasteiger partial charge in [0, 0.05) is 23.4 Å². The Morgan fingerprint density at radius 2 is 1.81 bits per heavy atom. The molecule has 0 bridgehead atoms. The SMILES string of the molecule is CCc1ccc(C(=O)NNC(=O)CCN2C(=O)CSc3ccccc32)cc1. The zero-order valence-corrected chi connectivity index (χ0v) is 15.8. The molecule has 0 spiro atoms. The fourth-order valence-electron chi connectivity index (χ4n) is 2.77. The number of hydrazine groups is 1. The van der Waals surface area contributed by atoms with Gasteiger partial charge in [0.2, 0.25) is 11.8 Å². The van der Waals surface area contributed by atoms with Crippen LogP contribution in [0.4, 0.5) is 5.69 Å². The number of carbonyl (C=O) groups excluding carboxylic acids is 3. The van der Waals surface area contributed by atoms with Gasteiger partial charge in [-0.25, -0.2) is 0 Å². The van der Waals surface area contributed by atoms with E-state index >= 15 is 0 Å². The number of aryl methyl sites for hydroxylation is 1. The van der Waals surface area contributed by atoms with Gasteiger partial charge in [-0.2, -0.15) is 0 Å². The van der Waals surface area contributed by atoms with Crippen molar-refractivity contribution >= 4 is 35.2 Å². The zero-order chi connectivity index (χ0) is 19.2. The van der Waals surface area contributed by atoms with Crippen LogP contribution < -0.4 is 15.8 Å². The van der Waals surface area contributed by atoms with Gasteiger partial charge >= 0.3 is 0 Å². The third kappa shape index (κ3) is 4.68. The Labute approximate surface area is 162 Å². The molecule has 27 heavy (non-hydrogen) atoms. The normalized spacial score (nSPS) is 13.1. The van der Waals surface area contributed by atoms with E-state index in [0.29, 0.717) is 11.3 Å². The first-order valence-electron chi connectivity index (χ1n) is 8.79. The summed E-state index contributed by atoms with van der Waals surface area (Å²) in [5.74, 6) is -0.381. The van der Waals surface area contributed by atoms with Crippen LogP contribution in [0, 0.1) is 0 Å². The number of anilines is 1. The highest BCUT2D eigenvalue weighted by Crippen LogP contribution is 2.34. The zero-order valence-electron chi connectivity index (χ0n) is 15.0. The van der Waals surface area contributed by atoms with Crippen LogP contribution in [0.1, 0.15) is 29.3 Å². The second-order valence-electron chi connectivity index (χ2n) is 6.10. The fourth-order valence-corrected chi connectivity index (χ4v) is 3.70. The van der Waals surface area contributed by atoms with Crippen LogP contribution in [0.2, 0.25) is 0 Å². The summed E-state index contributed by atoms with van der Waals surface area (Å²) in [5, 5.41) is 0. The fraction of sp³-hybridized carbons (Fsp3) is 0.250. The van der Waals surface area contributed by atoms with Crippen LogP contribution in [0.3, 0.4) is 0 Å². The van der Waals surface area contributed by atoms with Gasteiger partial charge in [0.15, 0.2) is 0 Å². The summed E-state index contributed by atoms with van der Waals surface area (Å²) in [5.41, 5.74) is 7.26. The number of fused-ring (bicyclic) bond motifs is 1. The van der Waals surface area contributed by atoms with Crippen molar-refractivity contribution in [2.45, 2.75) is 24.7 Å². The van der Waals surface area contributed by atoms with E-state index in [9.17, 15) is 14.4 Å². The molecule has 0 atom stereocenters. The van der Waals surface area contributed by atoms with Crippen molar-refractivity contribution in [3.63, 3.8) is 0 Å². The van der Waals surface area contributed by atoms with Crippen LogP contribution in [0.25, 0.3) is 0 Å². The van der Waals surface area contributed by atoms with Gasteiger partial charge in [-0.1, -0.05) is 31.2 Å². The van der Waals surface area contributed by atoms with E-state index in [1.807, 2.05) is 43.3 Å². The average molecular weight is 383 g/mol. The average Bonchev–Trinajstić information content (AvgIpc) is 2.71. The highest BCUT2D eigenvalue weighted by atomic mass is 32.2. The van der Waals surface area contributed by atoms with Crippen molar-refractivity contribution in [2.75, 3.05) is 17.2 Å². The van der Waals surface area contributed by atoms with Crippen LogP contribution >= 0.6 is 11.8 Å². The van der Waals surface area contributed by atoms with E-state index in [2.05, 4.69) is 10.9 Å². The van der Waals surface area contributed by atoms with Gasteiger partial charge in [0.1, 0.15) is 0 Å². The molecule has 3 amide bonds. The molecule has 7 heteroatoms. The van der Waals surface area contributed by atoms with E-state index in [-0.39, 0.29) is 30.7 Å². The summed E-state index contributed by atoms with van der Waals surface area (Å²) in [7, 11) is 0. The van der Waals surface area contributed by atoms with E-state index in [4.69, 9.17) is 0 Å². The maximum atomic E-state index is 12.2. The third-order valence-electron chi connectivity index (χ3n) is 4.31. The number of hydrogen-bond acceptors (Lipinski definition) is 4. The summed E-state index contributed by atoms with van der Waals surface area (Å²) >= 11 is 1.50. The van der Waals surface area contributed by atoms with Crippen molar-refractivity contribution in [3.05, 3.63) is 59.7 Å². The molecule has 2 aromatic carbocycles. The van der Waals surface area contributed by atoms with Gasteiger partial charge in [0.25, 0.3) is 5.91 Å². The summed E-state index contributed by atoms with van der Waals surface area (Å²) in [6, 6.07) is 14.8. The highest BCUT2D eigenvalue weighted by Gasteiger charge is 2.24. The van der Waals surface area contributed by atoms with E-state index in [0.717, 1.165) is 22.6 Å². The monoisotopic (exact) mass is 383 g/mol. The van der Waals surface area contributed by atoms with Gasteiger partial charge < -0.3 is 4.90 Å². The molecule has 2 N–H and O–H groups in total. The molecule has 0 aromatic heterocycles. The lowest BCUT2D eigenvalue weighted by Crippen LogP contribution is -2.44. The Balaban J connectivity index is 1.51. The number of benzene rings is 2. The Morgan fingerprint density at radius 1 is 1.07 bits per heavy atom. The summed E-state index contributed by atoms with van der Waals surface area (Å²) in [4.78, 5) is 39.0. The second kappa shape index (κ2) is 8.73. The number of hydrogen-bond donors (Lipinski definition) is 2. The molecule has 0 radical (unpaired) electrons. The predicted molar refractivity (Wildman–Crippen MR) is 106 cm³/mol. The minimum atomic E-state index is -0.373. The Kier molecular flexibility index (Phi) is 6.13. The van der Waals surface area contributed by atoms with Gasteiger partial charge in [0.05, 0.1) is 11.4 Å². The lowest BCUT2D eigenvalue weighted by atomic mass is 10.1. The van der Waals surface area contributed by atoms with Gasteiger partial charge in [-0.3, -0.25) is 25.2 Å². The minimum Gasteiger partial charge on any atom is -0.310 e. The van der Waals surface area contributed by atoms with Crippen molar-refractivity contribution in [2.24, 2.45) is 0 Å². The van der Waals surface area contributed by atoms with Crippen LogP contribution in [0.15, 0.2) is 53.4 Å². The van der Waals surface area contributed by atoms with Crippen molar-refractivity contribution < 1.29 is 14.4 Å². The molecule has 1 aliphatic rings. The molecule has 1 aliphatic heterocycles. The molecular weight excluding hydrogens is 362 g/mol. The summed E-state index contributed by atoms with van der Waals surface area (Å²) < 4.78 is 0. The predicted octanol–water partition coefficient (Wildman–Crippen LogP) is 2.54. The smallest absolute Gasteiger partial charge is 0.269 e. The number of amides is 3. The van der Waals surface area contributed by atoms with Crippen molar-refractivity contribution in [1.82, 2.24) is 10.9 Å². The summed E-state index contributed by atoms with van der Waals surface area (Å²) in [6.07, 6.45) is 0.995. The van der Waals surface area contributed by atoms with Crippen molar-refractivity contribution in [3.8, 4) is 0 Å². The lowest BCUT2D eigenvalue weighted by Gasteiger charge is -2.28. The van der Waals surface area contributed by atoms with Crippen LogP contribution in [-0.2, 0) is 16.0 Å². The number of nitrogens with zero attached hydrogens (tertiary/aromatic N) is 1. The molecule has 0 saturated heterocycles. The first-order valence-corrected chi connectivity index (χ1v) is 9.77. The number of thioether (sulfide) groups is 1. The van der Waals surface area contributed by atoms with Crippen LogP contribution in [0.5, 0.6) is 0 Å². The molecule has 0 saturated carbocycles. The standard InChI is InChI=1S/C20H21N3O3S/c1-2-14-7-9-15(10-8-14)20(26)22-21-18(24)11-12-23-16-5-3-4-6-17(16)27-13-19(23)25/h3-10H,2,11-13H2,1H3,(H,21,24)(H,22,26). The Morgan fingerprint density at radius 3 is 2.56 bits per heavy atom. The topological polar surface area (TPSA) is 78.5 Å². The maximum Gasteiger partial charge on any atom is 0.269 e. The number of carbonyl (C=O) groups is 3. The first-order chi connectivity index (χ1) is 13.1. The molecule has 0 fully saturated rings. The molecule has 0 aliphatic carbocycles. The second-order valence-corrected chi connectivity index (χ2v) is 7.12. The first kappa shape index (κ1) is 19.0.